The first-order valence-electron chi connectivity index (χ1n) is 7.69. The molecule has 1 aromatic rings. The fourth-order valence-electron chi connectivity index (χ4n) is 3.51. The molecular weight excluding hydrogens is 250 g/mol. The Kier molecular flexibility index (Phi) is 4.18. The van der Waals surface area contributed by atoms with Gasteiger partial charge in [-0.3, -0.25) is 9.69 Å². The molecule has 2 aliphatic rings. The molecule has 0 saturated carbocycles. The minimum Gasteiger partial charge on any atom is -0.372 e. The van der Waals surface area contributed by atoms with Gasteiger partial charge < -0.3 is 4.74 Å². The zero-order valence-corrected chi connectivity index (χ0v) is 12.2. The first kappa shape index (κ1) is 13.8. The third-order valence-electron chi connectivity index (χ3n) is 4.58. The van der Waals surface area contributed by atoms with Crippen LogP contribution in [-0.4, -0.2) is 36.4 Å². The molecule has 3 heteroatoms. The Bertz CT molecular complexity index is 486. The minimum atomic E-state index is 0.0986. The van der Waals surface area contributed by atoms with E-state index in [9.17, 15) is 4.79 Å². The van der Waals surface area contributed by atoms with Crippen LogP contribution in [0.5, 0.6) is 0 Å². The second-order valence-corrected chi connectivity index (χ2v) is 5.93. The predicted molar refractivity (Wildman–Crippen MR) is 78.7 cm³/mol. The number of likely N-dealkylation sites (tertiary alicyclic amines) is 1. The molecule has 3 nitrogen and oxygen atoms in total. The molecule has 2 atom stereocenters. The Balaban J connectivity index is 1.76. The molecule has 0 aromatic heterocycles. The van der Waals surface area contributed by atoms with Crippen LogP contribution in [0.15, 0.2) is 24.3 Å². The lowest BCUT2D eigenvalue weighted by Gasteiger charge is -2.38. The number of ether oxygens (including phenoxy) is 1. The van der Waals surface area contributed by atoms with Crippen molar-refractivity contribution in [3.05, 3.63) is 35.4 Å². The van der Waals surface area contributed by atoms with E-state index in [-0.39, 0.29) is 12.1 Å². The zero-order chi connectivity index (χ0) is 13.9. The standard InChI is InChI=1S/C17H23NO2/c1-13(19)16-8-4-5-10-18(16)12-17-15-7-3-2-6-14(15)9-11-20-17/h2-3,6-7,16-17H,4-5,8-12H2,1H3. The first-order valence-corrected chi connectivity index (χ1v) is 7.69. The van der Waals surface area contributed by atoms with Gasteiger partial charge in [0, 0.05) is 6.54 Å². The number of carbonyl (C=O) groups is 1. The molecule has 0 bridgehead atoms. The van der Waals surface area contributed by atoms with Gasteiger partial charge in [0.1, 0.15) is 5.78 Å². The number of Topliss-reactive ketones (excluding diaryl/α,β-unsaturated/α-hetero) is 1. The maximum absolute atomic E-state index is 11.8. The van der Waals surface area contributed by atoms with Crippen LogP contribution in [0.2, 0.25) is 0 Å². The summed E-state index contributed by atoms with van der Waals surface area (Å²) in [6.45, 7) is 4.38. The molecule has 0 amide bonds. The Morgan fingerprint density at radius 3 is 3.05 bits per heavy atom. The van der Waals surface area contributed by atoms with Crippen molar-refractivity contribution >= 4 is 5.78 Å². The lowest BCUT2D eigenvalue weighted by atomic mass is 9.94. The molecule has 0 radical (unpaired) electrons. The average molecular weight is 273 g/mol. The second kappa shape index (κ2) is 6.06. The van der Waals surface area contributed by atoms with Crippen LogP contribution in [0, 0.1) is 0 Å². The molecule has 2 heterocycles. The molecule has 0 N–H and O–H groups in total. The molecule has 1 aromatic carbocycles. The number of hydrogen-bond donors (Lipinski definition) is 0. The fraction of sp³-hybridized carbons (Fsp3) is 0.588. The highest BCUT2D eigenvalue weighted by Gasteiger charge is 2.30. The average Bonchev–Trinajstić information content (AvgIpc) is 2.48. The molecule has 1 saturated heterocycles. The quantitative estimate of drug-likeness (QED) is 0.848. The first-order chi connectivity index (χ1) is 9.75. The predicted octanol–water partition coefficient (Wildman–Crippen LogP) is 2.74. The summed E-state index contributed by atoms with van der Waals surface area (Å²) in [5.41, 5.74) is 2.71. The highest BCUT2D eigenvalue weighted by atomic mass is 16.5. The van der Waals surface area contributed by atoms with Gasteiger partial charge in [-0.05, 0) is 43.9 Å². The summed E-state index contributed by atoms with van der Waals surface area (Å²) in [6.07, 6.45) is 4.49. The van der Waals surface area contributed by atoms with Crippen LogP contribution < -0.4 is 0 Å². The highest BCUT2D eigenvalue weighted by Crippen LogP contribution is 2.29. The normalized spacial score (nSPS) is 27.1. The molecular formula is C17H23NO2. The van der Waals surface area contributed by atoms with Crippen molar-refractivity contribution in [3.8, 4) is 0 Å². The summed E-state index contributed by atoms with van der Waals surface area (Å²) in [6, 6.07) is 8.65. The molecule has 1 fully saturated rings. The van der Waals surface area contributed by atoms with E-state index in [0.29, 0.717) is 5.78 Å². The third kappa shape index (κ3) is 2.79. The van der Waals surface area contributed by atoms with E-state index < -0.39 is 0 Å². The van der Waals surface area contributed by atoms with Crippen molar-refractivity contribution < 1.29 is 9.53 Å². The minimum absolute atomic E-state index is 0.0986. The lowest BCUT2D eigenvalue weighted by Crippen LogP contribution is -2.46. The summed E-state index contributed by atoms with van der Waals surface area (Å²) < 4.78 is 5.98. The van der Waals surface area contributed by atoms with E-state index >= 15 is 0 Å². The van der Waals surface area contributed by atoms with E-state index in [0.717, 1.165) is 32.5 Å². The SMILES string of the molecule is CC(=O)C1CCCCN1CC1OCCc2ccccc21. The molecule has 108 valence electrons. The Morgan fingerprint density at radius 2 is 2.20 bits per heavy atom. The van der Waals surface area contributed by atoms with E-state index in [2.05, 4.69) is 29.2 Å². The summed E-state index contributed by atoms with van der Waals surface area (Å²) in [7, 11) is 0. The van der Waals surface area contributed by atoms with Gasteiger partial charge in [-0.15, -0.1) is 0 Å². The van der Waals surface area contributed by atoms with Crippen LogP contribution in [0.3, 0.4) is 0 Å². The Hall–Kier alpha value is -1.19. The number of hydrogen-bond acceptors (Lipinski definition) is 3. The zero-order valence-electron chi connectivity index (χ0n) is 12.2. The topological polar surface area (TPSA) is 29.5 Å². The van der Waals surface area contributed by atoms with Crippen LogP contribution >= 0.6 is 0 Å². The van der Waals surface area contributed by atoms with Crippen molar-refractivity contribution in [1.29, 1.82) is 0 Å². The van der Waals surface area contributed by atoms with Gasteiger partial charge in [0.05, 0.1) is 18.8 Å². The number of benzene rings is 1. The third-order valence-corrected chi connectivity index (χ3v) is 4.58. The van der Waals surface area contributed by atoms with Crippen molar-refractivity contribution in [3.63, 3.8) is 0 Å². The van der Waals surface area contributed by atoms with Gasteiger partial charge in [0.15, 0.2) is 0 Å². The van der Waals surface area contributed by atoms with E-state index in [4.69, 9.17) is 4.74 Å². The van der Waals surface area contributed by atoms with Crippen LogP contribution in [0.4, 0.5) is 0 Å². The van der Waals surface area contributed by atoms with E-state index in [1.165, 1.54) is 24.0 Å². The summed E-state index contributed by atoms with van der Waals surface area (Å²) in [4.78, 5) is 14.1. The van der Waals surface area contributed by atoms with E-state index in [1.807, 2.05) is 0 Å². The van der Waals surface area contributed by atoms with Crippen molar-refractivity contribution in [2.45, 2.75) is 44.8 Å². The summed E-state index contributed by atoms with van der Waals surface area (Å²) >= 11 is 0. The summed E-state index contributed by atoms with van der Waals surface area (Å²) in [5, 5.41) is 0. The van der Waals surface area contributed by atoms with Crippen molar-refractivity contribution in [2.75, 3.05) is 19.7 Å². The maximum Gasteiger partial charge on any atom is 0.146 e. The molecule has 3 rings (SSSR count). The second-order valence-electron chi connectivity index (χ2n) is 5.93. The van der Waals surface area contributed by atoms with Gasteiger partial charge in [-0.1, -0.05) is 30.7 Å². The van der Waals surface area contributed by atoms with Gasteiger partial charge in [-0.25, -0.2) is 0 Å². The maximum atomic E-state index is 11.8. The molecule has 0 spiro atoms. The number of carbonyl (C=O) groups excluding carboxylic acids is 1. The molecule has 0 aliphatic carbocycles. The number of piperidine rings is 1. The molecule has 2 aliphatic heterocycles. The lowest BCUT2D eigenvalue weighted by molar-refractivity contribution is -0.124. The van der Waals surface area contributed by atoms with Crippen LogP contribution in [-0.2, 0) is 16.0 Å². The van der Waals surface area contributed by atoms with Crippen molar-refractivity contribution in [1.82, 2.24) is 4.90 Å². The number of ketones is 1. The van der Waals surface area contributed by atoms with Crippen molar-refractivity contribution in [2.24, 2.45) is 0 Å². The van der Waals surface area contributed by atoms with Crippen LogP contribution in [0.25, 0.3) is 0 Å². The summed E-state index contributed by atoms with van der Waals surface area (Å²) in [5.74, 6) is 0.300. The van der Waals surface area contributed by atoms with Gasteiger partial charge >= 0.3 is 0 Å². The number of rotatable bonds is 3. The van der Waals surface area contributed by atoms with Gasteiger partial charge in [0.2, 0.25) is 0 Å². The Morgan fingerprint density at radius 1 is 1.35 bits per heavy atom. The van der Waals surface area contributed by atoms with Gasteiger partial charge in [0.25, 0.3) is 0 Å². The van der Waals surface area contributed by atoms with Gasteiger partial charge in [-0.2, -0.15) is 0 Å². The number of nitrogens with zero attached hydrogens (tertiary/aromatic N) is 1. The largest absolute Gasteiger partial charge is 0.372 e. The van der Waals surface area contributed by atoms with Crippen LogP contribution in [0.1, 0.15) is 43.4 Å². The highest BCUT2D eigenvalue weighted by molar-refractivity contribution is 5.81. The molecule has 2 unspecified atom stereocenters. The smallest absolute Gasteiger partial charge is 0.146 e. The molecule has 20 heavy (non-hydrogen) atoms. The monoisotopic (exact) mass is 273 g/mol. The fourth-order valence-corrected chi connectivity index (χ4v) is 3.51. The Labute approximate surface area is 120 Å². The van der Waals surface area contributed by atoms with E-state index in [1.54, 1.807) is 6.92 Å². The number of fused-ring (bicyclic) bond motifs is 1.